The van der Waals surface area contributed by atoms with Gasteiger partial charge in [-0.3, -0.25) is 4.79 Å². The van der Waals surface area contributed by atoms with Crippen molar-refractivity contribution in [3.05, 3.63) is 5.21 Å². The molecule has 4 heteroatoms. The van der Waals surface area contributed by atoms with E-state index in [1.54, 1.807) is 0 Å². The standard InChI is InChI=1S/C27H43NO3/c1-15-4-7-25-16(2)18-5-6-19-20(22(18)14-28(25,31)13-15)11-23-21(19)12-26(30)24-10-17(29)8-9-27(23,24)3/h15-25,29H,4-14H2,1-3H3/t15-,16-,17+,18-,19-,20-,21+,22+,23+,24-,25+,27-,28?/m1/s1. The van der Waals surface area contributed by atoms with Gasteiger partial charge in [0.15, 0.2) is 0 Å². The van der Waals surface area contributed by atoms with Crippen molar-refractivity contribution in [2.24, 2.45) is 58.7 Å². The number of rotatable bonds is 0. The highest BCUT2D eigenvalue weighted by Crippen LogP contribution is 2.66. The normalized spacial score (nSPS) is 60.9. The fraction of sp³-hybridized carbons (Fsp3) is 0.963. The Hall–Kier alpha value is -0.450. The first kappa shape index (κ1) is 21.1. The largest absolute Gasteiger partial charge is 0.633 e. The molecule has 6 fully saturated rings. The molecule has 0 aromatic rings. The maximum Gasteiger partial charge on any atom is 0.136 e. The van der Waals surface area contributed by atoms with Crippen LogP contribution in [0.2, 0.25) is 0 Å². The first-order chi connectivity index (χ1) is 14.7. The highest BCUT2D eigenvalue weighted by Gasteiger charge is 2.64. The van der Waals surface area contributed by atoms with Crippen LogP contribution in [0, 0.1) is 63.9 Å². The van der Waals surface area contributed by atoms with Crippen LogP contribution in [0.15, 0.2) is 0 Å². The summed E-state index contributed by atoms with van der Waals surface area (Å²) in [6, 6.07) is 0.334. The Morgan fingerprint density at radius 2 is 1.71 bits per heavy atom. The summed E-state index contributed by atoms with van der Waals surface area (Å²) in [7, 11) is 0. The zero-order valence-electron chi connectivity index (χ0n) is 19.8. The number of Topliss-reactive ketones (excluding diaryl/α,β-unsaturated/α-hetero) is 1. The second-order valence-electron chi connectivity index (χ2n) is 13.3. The van der Waals surface area contributed by atoms with Gasteiger partial charge < -0.3 is 15.0 Å². The van der Waals surface area contributed by atoms with Crippen molar-refractivity contribution in [3.63, 3.8) is 0 Å². The van der Waals surface area contributed by atoms with Crippen LogP contribution in [0.25, 0.3) is 0 Å². The van der Waals surface area contributed by atoms with Gasteiger partial charge in [-0.25, -0.2) is 0 Å². The number of hydroxylamine groups is 3. The number of carbonyl (C=O) groups is 1. The predicted octanol–water partition coefficient (Wildman–Crippen LogP) is 4.78. The number of ketones is 1. The van der Waals surface area contributed by atoms with Gasteiger partial charge in [-0.1, -0.05) is 20.8 Å². The van der Waals surface area contributed by atoms with Crippen LogP contribution in [0.5, 0.6) is 0 Å². The molecule has 1 N–H and O–H groups in total. The van der Waals surface area contributed by atoms with E-state index in [-0.39, 0.29) is 22.1 Å². The Morgan fingerprint density at radius 3 is 2.52 bits per heavy atom. The van der Waals surface area contributed by atoms with Crippen LogP contribution in [-0.4, -0.2) is 40.8 Å². The molecule has 4 aliphatic carbocycles. The summed E-state index contributed by atoms with van der Waals surface area (Å²) in [6.45, 7) is 8.77. The van der Waals surface area contributed by atoms with Gasteiger partial charge in [0, 0.05) is 36.5 Å². The van der Waals surface area contributed by atoms with Crippen molar-refractivity contribution >= 4 is 5.78 Å². The molecule has 2 heterocycles. The molecular formula is C27H43NO3. The van der Waals surface area contributed by atoms with Gasteiger partial charge in [0.05, 0.1) is 25.2 Å². The van der Waals surface area contributed by atoms with Crippen molar-refractivity contribution < 1.29 is 14.5 Å². The molecular weight excluding hydrogens is 386 g/mol. The van der Waals surface area contributed by atoms with Crippen molar-refractivity contribution in [1.29, 1.82) is 0 Å². The molecule has 2 saturated heterocycles. The van der Waals surface area contributed by atoms with E-state index in [1.807, 2.05) is 0 Å². The molecule has 6 aliphatic rings. The highest BCUT2D eigenvalue weighted by atomic mass is 16.5. The number of aliphatic hydroxyl groups is 1. The zero-order chi connectivity index (χ0) is 21.7. The quantitative estimate of drug-likeness (QED) is 0.445. The van der Waals surface area contributed by atoms with Gasteiger partial charge in [-0.05, 0) is 80.0 Å². The van der Waals surface area contributed by atoms with Gasteiger partial charge >= 0.3 is 0 Å². The molecule has 4 saturated carbocycles. The average Bonchev–Trinajstić information content (AvgIpc) is 3.09. The Balaban J connectivity index is 1.31. The first-order valence-corrected chi connectivity index (χ1v) is 13.5. The molecule has 2 aliphatic heterocycles. The molecule has 0 aromatic carbocycles. The molecule has 31 heavy (non-hydrogen) atoms. The first-order valence-electron chi connectivity index (χ1n) is 13.5. The van der Waals surface area contributed by atoms with Crippen LogP contribution in [0.1, 0.15) is 78.6 Å². The summed E-state index contributed by atoms with van der Waals surface area (Å²) >= 11 is 0. The van der Waals surface area contributed by atoms with Gasteiger partial charge in [-0.2, -0.15) is 0 Å². The Kier molecular flexibility index (Phi) is 4.78. The summed E-state index contributed by atoms with van der Waals surface area (Å²) in [6.07, 6.45) is 9.22. The van der Waals surface area contributed by atoms with E-state index in [9.17, 15) is 15.1 Å². The highest BCUT2D eigenvalue weighted by molar-refractivity contribution is 5.83. The SMILES string of the molecule is C[C@@H]1CC[C@H]2[C@H](C)[C@H]3CC[C@@H]4[C@@H](C[C@H]5[C@H]4CC(=O)[C@H]4C[C@@H](O)CC[C@@]45C)[C@H]3C[N+]2([O-])C1. The lowest BCUT2D eigenvalue weighted by molar-refractivity contribution is -0.929. The fourth-order valence-electron chi connectivity index (χ4n) is 10.7. The molecule has 0 radical (unpaired) electrons. The van der Waals surface area contributed by atoms with Gasteiger partial charge in [0.1, 0.15) is 5.78 Å². The number of aliphatic hydroxyl groups excluding tert-OH is 1. The van der Waals surface area contributed by atoms with Crippen LogP contribution in [-0.2, 0) is 4.79 Å². The van der Waals surface area contributed by atoms with Gasteiger partial charge in [0.2, 0.25) is 0 Å². The van der Waals surface area contributed by atoms with Crippen molar-refractivity contribution in [3.8, 4) is 0 Å². The second-order valence-corrected chi connectivity index (χ2v) is 13.3. The fourth-order valence-corrected chi connectivity index (χ4v) is 10.7. The van der Waals surface area contributed by atoms with E-state index in [4.69, 9.17) is 0 Å². The molecule has 6 rings (SSSR count). The number of nitrogens with zero attached hydrogens (tertiary/aromatic N) is 1. The molecule has 174 valence electrons. The summed E-state index contributed by atoms with van der Waals surface area (Å²) < 4.78 is 0.0903. The maximum atomic E-state index is 14.1. The van der Waals surface area contributed by atoms with Gasteiger partial charge in [0.25, 0.3) is 0 Å². The average molecular weight is 430 g/mol. The van der Waals surface area contributed by atoms with E-state index >= 15 is 0 Å². The summed E-state index contributed by atoms with van der Waals surface area (Å²) in [5, 5.41) is 24.4. The van der Waals surface area contributed by atoms with E-state index in [0.717, 1.165) is 44.7 Å². The molecule has 0 amide bonds. The predicted molar refractivity (Wildman–Crippen MR) is 121 cm³/mol. The number of fused-ring (bicyclic) bond motifs is 8. The number of hydrogen-bond donors (Lipinski definition) is 1. The zero-order valence-corrected chi connectivity index (χ0v) is 19.8. The monoisotopic (exact) mass is 429 g/mol. The van der Waals surface area contributed by atoms with Crippen molar-refractivity contribution in [2.75, 3.05) is 13.1 Å². The Bertz CT molecular complexity index is 755. The minimum absolute atomic E-state index is 0.0731. The lowest BCUT2D eigenvalue weighted by Gasteiger charge is -2.63. The minimum Gasteiger partial charge on any atom is -0.633 e. The molecule has 0 spiro atoms. The third kappa shape index (κ3) is 2.93. The minimum atomic E-state index is -0.284. The summed E-state index contributed by atoms with van der Waals surface area (Å²) in [5.74, 6) is 5.44. The smallest absolute Gasteiger partial charge is 0.136 e. The summed E-state index contributed by atoms with van der Waals surface area (Å²) in [5.41, 5.74) is 0.0816. The van der Waals surface area contributed by atoms with Crippen LogP contribution >= 0.6 is 0 Å². The number of carbonyl (C=O) groups excluding carboxylic acids is 1. The molecule has 1 unspecified atom stereocenters. The maximum absolute atomic E-state index is 14.1. The van der Waals surface area contributed by atoms with Crippen molar-refractivity contribution in [2.45, 2.75) is 90.7 Å². The van der Waals surface area contributed by atoms with Crippen LogP contribution in [0.4, 0.5) is 0 Å². The molecule has 0 aromatic heterocycles. The third-order valence-corrected chi connectivity index (χ3v) is 12.1. The van der Waals surface area contributed by atoms with Crippen molar-refractivity contribution in [1.82, 2.24) is 0 Å². The number of hydrogen-bond acceptors (Lipinski definition) is 3. The lowest BCUT2D eigenvalue weighted by atomic mass is 9.51. The van der Waals surface area contributed by atoms with Gasteiger partial charge in [-0.15, -0.1) is 0 Å². The second kappa shape index (κ2) is 7.03. The van der Waals surface area contributed by atoms with Crippen LogP contribution < -0.4 is 0 Å². The van der Waals surface area contributed by atoms with E-state index in [2.05, 4.69) is 20.8 Å². The summed E-state index contributed by atoms with van der Waals surface area (Å²) in [4.78, 5) is 13.2. The lowest BCUT2D eigenvalue weighted by Crippen LogP contribution is -2.67. The van der Waals surface area contributed by atoms with E-state index in [0.29, 0.717) is 59.7 Å². The number of piperidine rings is 2. The van der Waals surface area contributed by atoms with E-state index < -0.39 is 0 Å². The van der Waals surface area contributed by atoms with Crippen LogP contribution in [0.3, 0.4) is 0 Å². The Labute approximate surface area is 188 Å². The third-order valence-electron chi connectivity index (χ3n) is 12.1. The number of quaternary nitrogens is 1. The van der Waals surface area contributed by atoms with E-state index in [1.165, 1.54) is 25.7 Å². The molecule has 0 bridgehead atoms. The molecule has 4 nitrogen and oxygen atoms in total. The molecule has 13 atom stereocenters. The topological polar surface area (TPSA) is 60.4 Å². The Morgan fingerprint density at radius 1 is 0.935 bits per heavy atom.